The maximum absolute atomic E-state index is 11.8. The topological polar surface area (TPSA) is 136 Å². The molecule has 0 saturated heterocycles. The molecular weight excluding hydrogens is 357 g/mol. The molecule has 0 saturated carbocycles. The van der Waals surface area contributed by atoms with Crippen molar-refractivity contribution < 1.29 is 34.1 Å². The molecule has 0 rings (SSSR count). The summed E-state index contributed by atoms with van der Waals surface area (Å²) in [5, 5.41) is 20.6. The Balaban J connectivity index is 4.30. The highest BCUT2D eigenvalue weighted by Gasteiger charge is 2.29. The van der Waals surface area contributed by atoms with Gasteiger partial charge in [-0.2, -0.15) is 11.8 Å². The minimum atomic E-state index is -2.66. The third-order valence-corrected chi connectivity index (χ3v) is 4.93. The molecule has 0 aliphatic rings. The van der Waals surface area contributed by atoms with Gasteiger partial charge in [0.15, 0.2) is 6.04 Å². The van der Waals surface area contributed by atoms with Gasteiger partial charge in [-0.3, -0.25) is 4.79 Å². The Morgan fingerprint density at radius 2 is 1.79 bits per heavy atom. The van der Waals surface area contributed by atoms with E-state index in [1.54, 1.807) is 0 Å². The Morgan fingerprint density at radius 3 is 2.25 bits per heavy atom. The van der Waals surface area contributed by atoms with Crippen LogP contribution >= 0.6 is 20.4 Å². The third-order valence-electron chi connectivity index (χ3n) is 3.10. The molecule has 0 aliphatic heterocycles. The molecular formula is C14H28NO7PS. The lowest BCUT2D eigenvalue weighted by molar-refractivity contribution is -0.142. The van der Waals surface area contributed by atoms with Crippen LogP contribution in [0.5, 0.6) is 0 Å². The summed E-state index contributed by atoms with van der Waals surface area (Å²) in [6, 6.07) is -1.33. The minimum absolute atomic E-state index is 0.0831. The molecule has 0 aromatic carbocycles. The predicted molar refractivity (Wildman–Crippen MR) is 93.5 cm³/mol. The normalized spacial score (nSPS) is 13.8. The molecule has 0 spiro atoms. The summed E-state index contributed by atoms with van der Waals surface area (Å²) in [5.41, 5.74) is -0.291. The number of hydrogen-bond acceptors (Lipinski definition) is 7. The van der Waals surface area contributed by atoms with Crippen LogP contribution in [0.2, 0.25) is 0 Å². The van der Waals surface area contributed by atoms with E-state index in [1.165, 1.54) is 11.8 Å². The number of aliphatic carboxylic acids is 1. The Morgan fingerprint density at radius 1 is 1.21 bits per heavy atom. The summed E-state index contributed by atoms with van der Waals surface area (Å²) in [7, 11) is -2.66. The first-order valence-corrected chi connectivity index (χ1v) is 9.72. The van der Waals surface area contributed by atoms with Crippen molar-refractivity contribution >= 4 is 32.2 Å². The summed E-state index contributed by atoms with van der Waals surface area (Å²) < 4.78 is 4.44. The molecule has 0 aromatic rings. The number of rotatable bonds is 12. The van der Waals surface area contributed by atoms with Crippen LogP contribution in [0.4, 0.5) is 0 Å². The van der Waals surface area contributed by atoms with Crippen LogP contribution in [0, 0.1) is 10.8 Å². The molecule has 142 valence electrons. The van der Waals surface area contributed by atoms with E-state index in [4.69, 9.17) is 14.9 Å². The number of nitrogens with one attached hydrogen (secondary N) is 1. The summed E-state index contributed by atoms with van der Waals surface area (Å²) in [4.78, 5) is 40.1. The molecule has 10 heteroatoms. The summed E-state index contributed by atoms with van der Waals surface area (Å²) >= 11 is 1.38. The van der Waals surface area contributed by atoms with Gasteiger partial charge in [0.25, 0.3) is 0 Å². The lowest BCUT2D eigenvalue weighted by atomic mass is 9.77. The molecule has 0 aliphatic carbocycles. The second-order valence-electron chi connectivity index (χ2n) is 7.16. The highest BCUT2D eigenvalue weighted by atomic mass is 32.2. The van der Waals surface area contributed by atoms with Gasteiger partial charge >= 0.3 is 14.6 Å². The fraction of sp³-hybridized carbons (Fsp3) is 0.857. The fourth-order valence-corrected chi connectivity index (χ4v) is 3.68. The van der Waals surface area contributed by atoms with Gasteiger partial charge in [-0.1, -0.05) is 27.7 Å². The molecule has 8 nitrogen and oxygen atoms in total. The van der Waals surface area contributed by atoms with E-state index in [-0.39, 0.29) is 23.2 Å². The van der Waals surface area contributed by atoms with Crippen LogP contribution in [-0.2, 0) is 14.1 Å². The highest BCUT2D eigenvalue weighted by Crippen LogP contribution is 2.35. The van der Waals surface area contributed by atoms with Gasteiger partial charge in [-0.25, -0.2) is 4.79 Å². The van der Waals surface area contributed by atoms with Crippen LogP contribution in [-0.4, -0.2) is 62.6 Å². The molecule has 0 heterocycles. The van der Waals surface area contributed by atoms with Crippen LogP contribution < -0.4 is 5.32 Å². The summed E-state index contributed by atoms with van der Waals surface area (Å²) in [6.45, 7) is 7.62. The number of thioether (sulfide) groups is 1. The van der Waals surface area contributed by atoms with Gasteiger partial charge in [-0.05, 0) is 23.0 Å². The zero-order valence-electron chi connectivity index (χ0n) is 14.5. The Hall–Kier alpha value is -0.440. The van der Waals surface area contributed by atoms with Crippen molar-refractivity contribution in [3.05, 3.63) is 0 Å². The number of hydrogen-bond donors (Lipinski definition) is 5. The van der Waals surface area contributed by atoms with Crippen molar-refractivity contribution in [3.8, 4) is 0 Å². The lowest BCUT2D eigenvalue weighted by Crippen LogP contribution is -2.44. The van der Waals surface area contributed by atoms with Gasteiger partial charge < -0.3 is 29.8 Å². The Labute approximate surface area is 148 Å². The zero-order chi connectivity index (χ0) is 19.0. The zero-order valence-corrected chi connectivity index (χ0v) is 16.2. The molecule has 1 unspecified atom stereocenters. The monoisotopic (exact) mass is 385 g/mol. The van der Waals surface area contributed by atoms with E-state index in [0.29, 0.717) is 5.75 Å². The Kier molecular flexibility index (Phi) is 10.3. The van der Waals surface area contributed by atoms with Gasteiger partial charge in [0.1, 0.15) is 0 Å². The molecule has 0 fully saturated rings. The van der Waals surface area contributed by atoms with Crippen LogP contribution in [0.15, 0.2) is 0 Å². The molecule has 1 amide bonds. The van der Waals surface area contributed by atoms with Crippen molar-refractivity contribution in [1.29, 1.82) is 0 Å². The van der Waals surface area contributed by atoms with Crippen LogP contribution in [0.3, 0.4) is 0 Å². The van der Waals surface area contributed by atoms with Gasteiger partial charge in [0.05, 0.1) is 12.4 Å². The maximum atomic E-state index is 11.8. The minimum Gasteiger partial charge on any atom is -0.480 e. The largest absolute Gasteiger partial charge is 0.480 e. The van der Waals surface area contributed by atoms with Crippen LogP contribution in [0.1, 0.15) is 34.1 Å². The number of aliphatic hydroxyl groups excluding tert-OH is 1. The van der Waals surface area contributed by atoms with Crippen LogP contribution in [0.25, 0.3) is 0 Å². The van der Waals surface area contributed by atoms with Crippen molar-refractivity contribution in [2.75, 3.05) is 24.7 Å². The van der Waals surface area contributed by atoms with Gasteiger partial charge in [0, 0.05) is 6.61 Å². The molecule has 0 aromatic heterocycles. The van der Waals surface area contributed by atoms with E-state index in [1.807, 2.05) is 27.7 Å². The predicted octanol–water partition coefficient (Wildman–Crippen LogP) is 0.952. The number of aliphatic hydroxyl groups is 1. The van der Waals surface area contributed by atoms with Gasteiger partial charge in [-0.15, -0.1) is 0 Å². The molecule has 0 radical (unpaired) electrons. The molecule has 24 heavy (non-hydrogen) atoms. The van der Waals surface area contributed by atoms with Gasteiger partial charge in [0.2, 0.25) is 5.91 Å². The summed E-state index contributed by atoms with van der Waals surface area (Å²) in [5.74, 6) is -1.01. The van der Waals surface area contributed by atoms with Crippen molar-refractivity contribution in [2.24, 2.45) is 10.8 Å². The number of amides is 1. The maximum Gasteiger partial charge on any atom is 0.328 e. The average molecular weight is 385 g/mol. The van der Waals surface area contributed by atoms with E-state index in [2.05, 4.69) is 9.84 Å². The molecule has 5 N–H and O–H groups in total. The number of carbonyl (C=O) groups is 2. The average Bonchev–Trinajstić information content (AvgIpc) is 2.41. The first-order chi connectivity index (χ1) is 10.9. The second-order valence-corrected chi connectivity index (χ2v) is 8.91. The summed E-state index contributed by atoms with van der Waals surface area (Å²) in [6.07, 6.45) is 0.785. The standard InChI is InChI=1S/C14H28NO7PS/c1-13(2,8-16)7-14(3,4)9-24-6-11(17)15-10(12(18)19)5-22-23(20)21/h10,16,20-21H,5-9H2,1-4H3,(H,15,17)(H,18,19). The van der Waals surface area contributed by atoms with E-state index < -0.39 is 33.1 Å². The van der Waals surface area contributed by atoms with Crippen molar-refractivity contribution in [2.45, 2.75) is 40.2 Å². The first-order valence-electron chi connectivity index (χ1n) is 7.40. The highest BCUT2D eigenvalue weighted by molar-refractivity contribution is 7.99. The number of carboxylic acid groups (broad SMARTS) is 1. The molecule has 1 atom stereocenters. The Bertz CT molecular complexity index is 418. The quantitative estimate of drug-likeness (QED) is 0.313. The van der Waals surface area contributed by atoms with Crippen molar-refractivity contribution in [1.82, 2.24) is 5.32 Å². The molecule has 0 bridgehead atoms. The third kappa shape index (κ3) is 11.2. The number of carbonyl (C=O) groups excluding carboxylic acids is 1. The van der Waals surface area contributed by atoms with E-state index in [9.17, 15) is 14.7 Å². The lowest BCUT2D eigenvalue weighted by Gasteiger charge is -2.33. The first kappa shape index (κ1) is 23.6. The van der Waals surface area contributed by atoms with E-state index in [0.717, 1.165) is 6.42 Å². The smallest absolute Gasteiger partial charge is 0.328 e. The fourth-order valence-electron chi connectivity index (χ4n) is 2.37. The van der Waals surface area contributed by atoms with Crippen molar-refractivity contribution in [3.63, 3.8) is 0 Å². The second kappa shape index (κ2) is 10.5. The SMILES string of the molecule is CC(C)(CO)CC(C)(C)CSCC(=O)NC(COP(O)O)C(=O)O. The van der Waals surface area contributed by atoms with E-state index >= 15 is 0 Å². The number of carboxylic acids is 1.